The van der Waals surface area contributed by atoms with Crippen molar-refractivity contribution in [2.24, 2.45) is 10.8 Å². The number of hydrogen-bond acceptors (Lipinski definition) is 3. The Labute approximate surface area is 223 Å². The van der Waals surface area contributed by atoms with E-state index >= 15 is 0 Å². The summed E-state index contributed by atoms with van der Waals surface area (Å²) < 4.78 is 5.70. The summed E-state index contributed by atoms with van der Waals surface area (Å²) in [6.07, 6.45) is 8.01. The predicted octanol–water partition coefficient (Wildman–Crippen LogP) is 7.40. The molecule has 2 atom stereocenters. The summed E-state index contributed by atoms with van der Waals surface area (Å²) in [7, 11) is 0. The lowest BCUT2D eigenvalue weighted by Gasteiger charge is -2.47. The number of amides is 2. The van der Waals surface area contributed by atoms with Gasteiger partial charge in [-0.2, -0.15) is 0 Å². The largest absolute Gasteiger partial charge is 0.412 e. The summed E-state index contributed by atoms with van der Waals surface area (Å²) in [6, 6.07) is 4.11. The Hall–Kier alpha value is -2.82. The van der Waals surface area contributed by atoms with Crippen molar-refractivity contribution < 1.29 is 14.3 Å². The van der Waals surface area contributed by atoms with Gasteiger partial charge in [0, 0.05) is 12.6 Å². The van der Waals surface area contributed by atoms with E-state index in [9.17, 15) is 9.59 Å². The van der Waals surface area contributed by atoms with Gasteiger partial charge in [-0.05, 0) is 100 Å². The quantitative estimate of drug-likeness (QED) is 0.422. The number of nitrogens with one attached hydrogen (secondary N) is 2. The van der Waals surface area contributed by atoms with Crippen LogP contribution in [0.3, 0.4) is 0 Å². The maximum Gasteiger partial charge on any atom is 0.412 e. The van der Waals surface area contributed by atoms with E-state index in [4.69, 9.17) is 4.74 Å². The molecule has 1 fully saturated rings. The van der Waals surface area contributed by atoms with Crippen LogP contribution in [0.5, 0.6) is 5.75 Å². The van der Waals surface area contributed by atoms with Crippen LogP contribution in [-0.4, -0.2) is 24.6 Å². The highest BCUT2D eigenvalue weighted by atomic mass is 16.6. The van der Waals surface area contributed by atoms with E-state index in [1.807, 2.05) is 32.9 Å². The van der Waals surface area contributed by atoms with Crippen LogP contribution in [-0.2, 0) is 4.79 Å². The van der Waals surface area contributed by atoms with Gasteiger partial charge in [-0.3, -0.25) is 4.79 Å². The van der Waals surface area contributed by atoms with Gasteiger partial charge in [-0.25, -0.2) is 4.79 Å². The molecule has 0 heterocycles. The van der Waals surface area contributed by atoms with Crippen LogP contribution < -0.4 is 15.4 Å². The molecule has 2 unspecified atom stereocenters. The highest BCUT2D eigenvalue weighted by molar-refractivity contribution is 5.80. The van der Waals surface area contributed by atoms with Crippen LogP contribution in [0.25, 0.3) is 0 Å². The summed E-state index contributed by atoms with van der Waals surface area (Å²) in [6.45, 7) is 19.5. The summed E-state index contributed by atoms with van der Waals surface area (Å²) in [4.78, 5) is 25.9. The van der Waals surface area contributed by atoms with Crippen LogP contribution in [0.4, 0.5) is 4.79 Å². The first-order chi connectivity index (χ1) is 17.2. The second-order valence-electron chi connectivity index (χ2n) is 12.7. The maximum atomic E-state index is 13.2. The van der Waals surface area contributed by atoms with Crippen molar-refractivity contribution in [2.75, 3.05) is 6.54 Å². The van der Waals surface area contributed by atoms with Crippen LogP contribution in [0, 0.1) is 31.6 Å². The van der Waals surface area contributed by atoms with Gasteiger partial charge in [-0.15, -0.1) is 0 Å². The highest BCUT2D eigenvalue weighted by Gasteiger charge is 2.42. The predicted molar refractivity (Wildman–Crippen MR) is 152 cm³/mol. The molecule has 1 aromatic rings. The van der Waals surface area contributed by atoms with Crippen molar-refractivity contribution >= 4 is 12.0 Å². The number of carbonyl (C=O) groups excluding carboxylic acids is 2. The second kappa shape index (κ2) is 11.3. The van der Waals surface area contributed by atoms with E-state index in [-0.39, 0.29) is 22.8 Å². The van der Waals surface area contributed by atoms with Crippen LogP contribution in [0.2, 0.25) is 0 Å². The lowest BCUT2D eigenvalue weighted by Crippen LogP contribution is -2.50. The van der Waals surface area contributed by atoms with E-state index in [2.05, 4.69) is 64.3 Å². The molecule has 5 heteroatoms. The molecule has 0 saturated heterocycles. The SMILES string of the molecule is CC1=CC(C)=C(CC(=O)NC2CC(C)(C)CC(C)(CNC(=O)Oc3c(C)cc(C)cc3C)C2)C(C)=CC1. The Balaban J connectivity index is 1.63. The van der Waals surface area contributed by atoms with Crippen molar-refractivity contribution in [2.45, 2.75) is 100 Å². The lowest BCUT2D eigenvalue weighted by molar-refractivity contribution is -0.122. The van der Waals surface area contributed by atoms with Crippen molar-refractivity contribution in [3.63, 3.8) is 0 Å². The van der Waals surface area contributed by atoms with Crippen LogP contribution in [0.15, 0.2) is 46.6 Å². The van der Waals surface area contributed by atoms with Gasteiger partial charge < -0.3 is 15.4 Å². The fourth-order valence-corrected chi connectivity index (χ4v) is 6.59. The number of hydrogen-bond donors (Lipinski definition) is 2. The molecule has 1 aromatic carbocycles. The average Bonchev–Trinajstić information content (AvgIpc) is 2.86. The van der Waals surface area contributed by atoms with Gasteiger partial charge in [0.25, 0.3) is 0 Å². The number of ether oxygens (including phenoxy) is 1. The molecule has 202 valence electrons. The van der Waals surface area contributed by atoms with E-state index < -0.39 is 6.09 Å². The van der Waals surface area contributed by atoms with Gasteiger partial charge in [0.05, 0.1) is 6.42 Å². The number of carbonyl (C=O) groups is 2. The summed E-state index contributed by atoms with van der Waals surface area (Å²) in [5, 5.41) is 6.35. The second-order valence-corrected chi connectivity index (χ2v) is 12.7. The summed E-state index contributed by atoms with van der Waals surface area (Å²) in [5.74, 6) is 0.692. The van der Waals surface area contributed by atoms with Gasteiger partial charge in [0.2, 0.25) is 5.91 Å². The zero-order chi connectivity index (χ0) is 27.5. The molecular formula is C32H46N2O3. The minimum atomic E-state index is -0.429. The first kappa shape index (κ1) is 28.7. The Morgan fingerprint density at radius 1 is 1.00 bits per heavy atom. The first-order valence-corrected chi connectivity index (χ1v) is 13.5. The molecular weight excluding hydrogens is 460 g/mol. The Bertz CT molecular complexity index is 1130. The molecule has 2 amide bonds. The van der Waals surface area contributed by atoms with E-state index in [1.165, 1.54) is 16.7 Å². The molecule has 0 radical (unpaired) electrons. The molecule has 2 aliphatic rings. The van der Waals surface area contributed by atoms with Crippen LogP contribution in [0.1, 0.15) is 90.3 Å². The third-order valence-electron chi connectivity index (χ3n) is 7.75. The highest BCUT2D eigenvalue weighted by Crippen LogP contribution is 2.46. The average molecular weight is 507 g/mol. The molecule has 0 spiro atoms. The minimum absolute atomic E-state index is 0.0494. The molecule has 1 saturated carbocycles. The maximum absolute atomic E-state index is 13.2. The molecule has 2 N–H and O–H groups in total. The summed E-state index contributed by atoms with van der Waals surface area (Å²) >= 11 is 0. The normalized spacial score (nSPS) is 23.5. The van der Waals surface area contributed by atoms with E-state index in [1.54, 1.807) is 0 Å². The fourth-order valence-electron chi connectivity index (χ4n) is 6.59. The zero-order valence-electron chi connectivity index (χ0n) is 24.4. The Morgan fingerprint density at radius 2 is 1.65 bits per heavy atom. The molecule has 37 heavy (non-hydrogen) atoms. The number of benzene rings is 1. The Morgan fingerprint density at radius 3 is 2.30 bits per heavy atom. The first-order valence-electron chi connectivity index (χ1n) is 13.5. The summed E-state index contributed by atoms with van der Waals surface area (Å²) in [5.41, 5.74) is 7.76. The molecule has 2 aliphatic carbocycles. The Kier molecular flexibility index (Phi) is 8.77. The molecule has 3 rings (SSSR count). The van der Waals surface area contributed by atoms with E-state index in [0.717, 1.165) is 47.9 Å². The monoisotopic (exact) mass is 506 g/mol. The molecule has 0 bridgehead atoms. The third-order valence-corrected chi connectivity index (χ3v) is 7.75. The van der Waals surface area contributed by atoms with Crippen molar-refractivity contribution in [3.05, 3.63) is 63.3 Å². The van der Waals surface area contributed by atoms with Crippen LogP contribution >= 0.6 is 0 Å². The molecule has 5 nitrogen and oxygen atoms in total. The number of rotatable bonds is 6. The van der Waals surface area contributed by atoms with Crippen molar-refractivity contribution in [3.8, 4) is 5.75 Å². The fraction of sp³-hybridized carbons (Fsp3) is 0.562. The van der Waals surface area contributed by atoms with Gasteiger partial charge >= 0.3 is 6.09 Å². The molecule has 0 aromatic heterocycles. The van der Waals surface area contributed by atoms with Gasteiger partial charge in [0.15, 0.2) is 0 Å². The number of allylic oxidation sites excluding steroid dienone is 5. The standard InChI is InChI=1S/C32H46N2O3/c1-20-10-11-22(3)27(23(4)12-20)15-28(35)34-26-16-31(7,8)18-32(9,17-26)19-33-30(36)37-29-24(5)13-21(2)14-25(29)6/h11-14,26H,10,15-19H2,1-9H3,(H,33,36)(H,34,35). The number of aryl methyl sites for hydroxylation is 3. The zero-order valence-corrected chi connectivity index (χ0v) is 24.4. The van der Waals surface area contributed by atoms with Gasteiger partial charge in [0.1, 0.15) is 5.75 Å². The van der Waals surface area contributed by atoms with Crippen molar-refractivity contribution in [1.29, 1.82) is 0 Å². The minimum Gasteiger partial charge on any atom is -0.410 e. The lowest BCUT2D eigenvalue weighted by atomic mass is 9.62. The van der Waals surface area contributed by atoms with Crippen molar-refractivity contribution in [1.82, 2.24) is 10.6 Å². The topological polar surface area (TPSA) is 67.4 Å². The van der Waals surface area contributed by atoms with E-state index in [0.29, 0.717) is 18.7 Å². The third kappa shape index (κ3) is 7.83. The van der Waals surface area contributed by atoms with Gasteiger partial charge in [-0.1, -0.05) is 61.8 Å². The smallest absolute Gasteiger partial charge is 0.410 e. The molecule has 0 aliphatic heterocycles.